The number of rotatable bonds is 8. The molecule has 26 heavy (non-hydrogen) atoms. The maximum Gasteiger partial charge on any atom is -0.0420 e. The summed E-state index contributed by atoms with van der Waals surface area (Å²) in [5.74, 6) is 4.50. The van der Waals surface area contributed by atoms with Crippen LogP contribution in [0, 0.1) is 29.6 Å². The molecule has 0 heteroatoms. The summed E-state index contributed by atoms with van der Waals surface area (Å²) >= 11 is 0. The Kier molecular flexibility index (Phi) is 42.2. The van der Waals surface area contributed by atoms with Crippen molar-refractivity contribution in [3.63, 3.8) is 0 Å². The van der Waals surface area contributed by atoms with E-state index in [1.54, 1.807) is 0 Å². The second-order valence-electron chi connectivity index (χ2n) is 8.92. The van der Waals surface area contributed by atoms with E-state index in [4.69, 9.17) is 0 Å². The summed E-state index contributed by atoms with van der Waals surface area (Å²) in [7, 11) is 0. The zero-order valence-electron chi connectivity index (χ0n) is 20.8. The molecule has 0 spiro atoms. The first-order chi connectivity index (χ1) is 11.5. The molecular formula is C26H62. The third kappa shape index (κ3) is 49.6. The molecular weight excluding hydrogens is 312 g/mol. The maximum absolute atomic E-state index is 2.33. The second kappa shape index (κ2) is 29.8. The van der Waals surface area contributed by atoms with Crippen LogP contribution in [0.15, 0.2) is 0 Å². The van der Waals surface area contributed by atoms with Gasteiger partial charge in [-0.05, 0) is 29.6 Å². The van der Waals surface area contributed by atoms with Crippen molar-refractivity contribution in [3.05, 3.63) is 0 Å². The van der Waals surface area contributed by atoms with Crippen LogP contribution < -0.4 is 0 Å². The first kappa shape index (κ1) is 36.8. The van der Waals surface area contributed by atoms with Gasteiger partial charge < -0.3 is 0 Å². The summed E-state index contributed by atoms with van der Waals surface area (Å²) < 4.78 is 0. The molecule has 1 unspecified atom stereocenters. The molecule has 0 bridgehead atoms. The fraction of sp³-hybridized carbons (Fsp3) is 1.00. The highest BCUT2D eigenvalue weighted by Crippen LogP contribution is 2.14. The van der Waals surface area contributed by atoms with Gasteiger partial charge in [-0.2, -0.15) is 0 Å². The third-order valence-corrected chi connectivity index (χ3v) is 4.96. The molecule has 0 saturated carbocycles. The van der Waals surface area contributed by atoms with Crippen LogP contribution in [0.2, 0.25) is 0 Å². The summed E-state index contributed by atoms with van der Waals surface area (Å²) in [5, 5.41) is 0. The van der Waals surface area contributed by atoms with Crippen LogP contribution in [-0.2, 0) is 0 Å². The molecule has 0 fully saturated rings. The zero-order chi connectivity index (χ0) is 20.8. The van der Waals surface area contributed by atoms with Crippen molar-refractivity contribution >= 4 is 0 Å². The molecule has 0 aromatic rings. The van der Waals surface area contributed by atoms with Crippen molar-refractivity contribution in [1.29, 1.82) is 0 Å². The van der Waals surface area contributed by atoms with E-state index in [2.05, 4.69) is 90.0 Å². The lowest BCUT2D eigenvalue weighted by molar-refractivity contribution is 0.389. The maximum atomic E-state index is 2.33. The van der Waals surface area contributed by atoms with E-state index in [0.717, 1.165) is 29.6 Å². The van der Waals surface area contributed by atoms with Crippen molar-refractivity contribution < 1.29 is 0 Å². The van der Waals surface area contributed by atoms with E-state index < -0.39 is 0 Å². The van der Waals surface area contributed by atoms with Crippen molar-refractivity contribution in [3.8, 4) is 0 Å². The lowest BCUT2D eigenvalue weighted by Crippen LogP contribution is -2.02. The topological polar surface area (TPSA) is 0 Å². The molecule has 1 atom stereocenters. The van der Waals surface area contributed by atoms with E-state index >= 15 is 0 Å². The standard InChI is InChI=1S/C8H18.2C6H14.C5H12.CH4/c1-5-6-8(4)7(2)3;1-4-5-6(2)3;1-4-6(3)5-2;1-4-5(2)3;/h7-8H,5-6H2,1-4H3;2*6H,4-5H2,1-3H3;5H,4H2,1-3H3;1H4. The van der Waals surface area contributed by atoms with Gasteiger partial charge >= 0.3 is 0 Å². The average Bonchev–Trinajstić information content (AvgIpc) is 2.55. The molecule has 0 saturated heterocycles. The predicted octanol–water partition coefficient (Wildman–Crippen LogP) is 10.7. The molecule has 0 aromatic carbocycles. The van der Waals surface area contributed by atoms with Gasteiger partial charge in [-0.25, -0.2) is 0 Å². The van der Waals surface area contributed by atoms with Crippen LogP contribution in [0.1, 0.15) is 142 Å². The minimum Gasteiger partial charge on any atom is -0.0776 e. The summed E-state index contributed by atoms with van der Waals surface area (Å²) in [4.78, 5) is 0. The minimum atomic E-state index is 0. The van der Waals surface area contributed by atoms with Crippen molar-refractivity contribution in [2.24, 2.45) is 29.6 Å². The van der Waals surface area contributed by atoms with Gasteiger partial charge in [0.1, 0.15) is 0 Å². The van der Waals surface area contributed by atoms with E-state index in [1.165, 1.54) is 44.9 Å². The molecule has 0 aromatic heterocycles. The largest absolute Gasteiger partial charge is 0.0776 e. The molecule has 0 nitrogen and oxygen atoms in total. The monoisotopic (exact) mass is 374 g/mol. The first-order valence-corrected chi connectivity index (χ1v) is 11.5. The molecule has 0 heterocycles. The van der Waals surface area contributed by atoms with Crippen molar-refractivity contribution in [1.82, 2.24) is 0 Å². The smallest absolute Gasteiger partial charge is 0.0420 e. The van der Waals surface area contributed by atoms with Crippen LogP contribution in [-0.4, -0.2) is 0 Å². The SMILES string of the molecule is C.CCC(C)C.CCC(C)CC.CCCC(C)C.CCCC(C)C(C)C. The van der Waals surface area contributed by atoms with Gasteiger partial charge in [-0.1, -0.05) is 142 Å². The highest BCUT2D eigenvalue weighted by Gasteiger charge is 2.03. The third-order valence-electron chi connectivity index (χ3n) is 4.96. The number of hydrogen-bond donors (Lipinski definition) is 0. The van der Waals surface area contributed by atoms with Crippen LogP contribution in [0.4, 0.5) is 0 Å². The van der Waals surface area contributed by atoms with Gasteiger partial charge in [0.05, 0.1) is 0 Å². The van der Waals surface area contributed by atoms with Crippen LogP contribution in [0.25, 0.3) is 0 Å². The fourth-order valence-corrected chi connectivity index (χ4v) is 1.65. The van der Waals surface area contributed by atoms with Crippen molar-refractivity contribution in [2.75, 3.05) is 0 Å². The van der Waals surface area contributed by atoms with Gasteiger partial charge in [-0.3, -0.25) is 0 Å². The van der Waals surface area contributed by atoms with E-state index in [0.29, 0.717) is 0 Å². The van der Waals surface area contributed by atoms with E-state index in [9.17, 15) is 0 Å². The van der Waals surface area contributed by atoms with Gasteiger partial charge in [0.25, 0.3) is 0 Å². The molecule has 0 aliphatic rings. The van der Waals surface area contributed by atoms with Gasteiger partial charge in [-0.15, -0.1) is 0 Å². The lowest BCUT2D eigenvalue weighted by atomic mass is 9.94. The van der Waals surface area contributed by atoms with Crippen LogP contribution in [0.5, 0.6) is 0 Å². The molecule has 0 rings (SSSR count). The molecule has 0 amide bonds. The Morgan fingerprint density at radius 3 is 0.885 bits per heavy atom. The average molecular weight is 375 g/mol. The second-order valence-corrected chi connectivity index (χ2v) is 8.92. The van der Waals surface area contributed by atoms with Gasteiger partial charge in [0.2, 0.25) is 0 Å². The summed E-state index contributed by atoms with van der Waals surface area (Å²) in [6.45, 7) is 29.3. The molecule has 0 N–H and O–H groups in total. The lowest BCUT2D eigenvalue weighted by Gasteiger charge is -2.12. The van der Waals surface area contributed by atoms with Gasteiger partial charge in [0, 0.05) is 0 Å². The van der Waals surface area contributed by atoms with Crippen molar-refractivity contribution in [2.45, 2.75) is 142 Å². The Morgan fingerprint density at radius 2 is 0.846 bits per heavy atom. The fourth-order valence-electron chi connectivity index (χ4n) is 1.65. The summed E-state index contributed by atoms with van der Waals surface area (Å²) in [6, 6.07) is 0. The van der Waals surface area contributed by atoms with E-state index in [-0.39, 0.29) is 7.43 Å². The molecule has 0 aliphatic carbocycles. The number of hydrogen-bond acceptors (Lipinski definition) is 0. The van der Waals surface area contributed by atoms with E-state index in [1.807, 2.05) is 0 Å². The Labute approximate surface area is 172 Å². The first-order valence-electron chi connectivity index (χ1n) is 11.5. The quantitative estimate of drug-likeness (QED) is 0.396. The Hall–Kier alpha value is 0. The summed E-state index contributed by atoms with van der Waals surface area (Å²) in [5.41, 5.74) is 0. The highest BCUT2D eigenvalue weighted by atomic mass is 14.1. The predicted molar refractivity (Wildman–Crippen MR) is 130 cm³/mol. The normalized spacial score (nSPS) is 11.0. The Bertz CT molecular complexity index is 186. The zero-order valence-corrected chi connectivity index (χ0v) is 20.8. The summed E-state index contributed by atoms with van der Waals surface area (Å²) in [6.07, 6.45) is 9.39. The molecule has 0 aliphatic heterocycles. The molecule has 166 valence electrons. The Morgan fingerprint density at radius 1 is 0.500 bits per heavy atom. The molecule has 0 radical (unpaired) electrons. The van der Waals surface area contributed by atoms with Crippen LogP contribution in [0.3, 0.4) is 0 Å². The van der Waals surface area contributed by atoms with Crippen LogP contribution >= 0.6 is 0 Å². The minimum absolute atomic E-state index is 0. The highest BCUT2D eigenvalue weighted by molar-refractivity contribution is 4.54. The Balaban J connectivity index is -0.0000000756. The van der Waals surface area contributed by atoms with Gasteiger partial charge in [0.15, 0.2) is 0 Å².